The third-order valence-electron chi connectivity index (χ3n) is 3.09. The number of aromatic nitrogens is 4. The Labute approximate surface area is 122 Å². The van der Waals surface area contributed by atoms with Gasteiger partial charge in [-0.3, -0.25) is 14.0 Å². The minimum Gasteiger partial charge on any atom is -0.468 e. The number of rotatable bonds is 4. The van der Waals surface area contributed by atoms with Crippen molar-refractivity contribution in [1.82, 2.24) is 19.3 Å². The van der Waals surface area contributed by atoms with Crippen LogP contribution in [-0.4, -0.2) is 26.4 Å². The topological polar surface area (TPSA) is 61.9 Å². The van der Waals surface area contributed by atoms with Crippen LogP contribution in [0.3, 0.4) is 0 Å². The highest BCUT2D eigenvalue weighted by molar-refractivity contribution is 6.31. The van der Waals surface area contributed by atoms with E-state index in [4.69, 9.17) is 16.3 Å². The predicted molar refractivity (Wildman–Crippen MR) is 76.5 cm³/mol. The summed E-state index contributed by atoms with van der Waals surface area (Å²) in [7, 11) is 3.29. The minimum atomic E-state index is -0.176. The number of methoxy groups -OCH3 is 1. The van der Waals surface area contributed by atoms with Gasteiger partial charge in [0.05, 0.1) is 30.1 Å². The van der Waals surface area contributed by atoms with E-state index in [1.807, 2.05) is 6.92 Å². The summed E-state index contributed by atoms with van der Waals surface area (Å²) in [6, 6.07) is 1.73. The molecule has 2 rings (SSSR count). The van der Waals surface area contributed by atoms with E-state index in [9.17, 15) is 4.79 Å². The second-order valence-electron chi connectivity index (χ2n) is 4.49. The van der Waals surface area contributed by atoms with Crippen molar-refractivity contribution in [2.75, 3.05) is 7.11 Å². The van der Waals surface area contributed by atoms with Gasteiger partial charge in [-0.1, -0.05) is 18.5 Å². The second kappa shape index (κ2) is 5.66. The number of halogens is 1. The molecular weight excluding hydrogens is 280 g/mol. The van der Waals surface area contributed by atoms with Crippen molar-refractivity contribution in [3.63, 3.8) is 0 Å². The quantitative estimate of drug-likeness (QED) is 0.859. The Balaban J connectivity index is 2.50. The maximum absolute atomic E-state index is 12.1. The summed E-state index contributed by atoms with van der Waals surface area (Å²) in [6.45, 7) is 4.01. The monoisotopic (exact) mass is 296 g/mol. The Morgan fingerprint density at radius 1 is 1.45 bits per heavy atom. The molecule has 0 saturated heterocycles. The van der Waals surface area contributed by atoms with E-state index >= 15 is 0 Å². The SMILES string of the molecule is CCc1nn(C)c(Cn2c(OC)nc(C)cc2=O)c1Cl. The Kier molecular flexibility index (Phi) is 4.13. The average molecular weight is 297 g/mol. The number of hydrogen-bond donors (Lipinski definition) is 0. The van der Waals surface area contributed by atoms with Crippen molar-refractivity contribution >= 4 is 11.6 Å². The summed E-state index contributed by atoms with van der Waals surface area (Å²) >= 11 is 6.30. The average Bonchev–Trinajstić information content (AvgIpc) is 2.68. The lowest BCUT2D eigenvalue weighted by Crippen LogP contribution is -2.24. The fraction of sp³-hybridized carbons (Fsp3) is 0.462. The first-order valence-electron chi connectivity index (χ1n) is 6.30. The van der Waals surface area contributed by atoms with Crippen molar-refractivity contribution in [2.45, 2.75) is 26.8 Å². The highest BCUT2D eigenvalue weighted by atomic mass is 35.5. The summed E-state index contributed by atoms with van der Waals surface area (Å²) in [5.41, 5.74) is 2.02. The number of ether oxygens (including phenoxy) is 1. The van der Waals surface area contributed by atoms with Gasteiger partial charge in [0.1, 0.15) is 0 Å². The van der Waals surface area contributed by atoms with Crippen LogP contribution in [0.2, 0.25) is 5.02 Å². The van der Waals surface area contributed by atoms with E-state index in [1.54, 1.807) is 18.7 Å². The van der Waals surface area contributed by atoms with Gasteiger partial charge in [0, 0.05) is 18.8 Å². The van der Waals surface area contributed by atoms with Crippen LogP contribution < -0.4 is 10.3 Å². The van der Waals surface area contributed by atoms with Crippen LogP contribution in [0.1, 0.15) is 24.0 Å². The first-order valence-corrected chi connectivity index (χ1v) is 6.68. The molecule has 2 heterocycles. The van der Waals surface area contributed by atoms with Crippen LogP contribution in [-0.2, 0) is 20.0 Å². The van der Waals surface area contributed by atoms with Gasteiger partial charge >= 0.3 is 0 Å². The van der Waals surface area contributed by atoms with Crippen molar-refractivity contribution in [3.05, 3.63) is 38.5 Å². The minimum absolute atomic E-state index is 0.176. The molecule has 0 saturated carbocycles. The lowest BCUT2D eigenvalue weighted by atomic mass is 10.3. The van der Waals surface area contributed by atoms with Gasteiger partial charge in [-0.15, -0.1) is 0 Å². The van der Waals surface area contributed by atoms with E-state index in [-0.39, 0.29) is 18.1 Å². The largest absolute Gasteiger partial charge is 0.468 e. The Bertz CT molecular complexity index is 690. The van der Waals surface area contributed by atoms with Crippen LogP contribution in [0.15, 0.2) is 10.9 Å². The highest BCUT2D eigenvalue weighted by Gasteiger charge is 2.16. The molecule has 0 aliphatic heterocycles. The molecule has 0 amide bonds. The number of nitrogens with zero attached hydrogens (tertiary/aromatic N) is 4. The third-order valence-corrected chi connectivity index (χ3v) is 3.53. The molecule has 2 aromatic heterocycles. The van der Waals surface area contributed by atoms with E-state index < -0.39 is 0 Å². The molecule has 0 fully saturated rings. The zero-order valence-electron chi connectivity index (χ0n) is 12.0. The lowest BCUT2D eigenvalue weighted by Gasteiger charge is -2.11. The highest BCUT2D eigenvalue weighted by Crippen LogP contribution is 2.22. The third kappa shape index (κ3) is 2.56. The molecule has 20 heavy (non-hydrogen) atoms. The fourth-order valence-electron chi connectivity index (χ4n) is 2.04. The van der Waals surface area contributed by atoms with Crippen LogP contribution >= 0.6 is 11.6 Å². The predicted octanol–water partition coefficient (Wildman–Crippen LogP) is 1.56. The lowest BCUT2D eigenvalue weighted by molar-refractivity contribution is 0.348. The van der Waals surface area contributed by atoms with Gasteiger partial charge in [0.2, 0.25) is 0 Å². The summed E-state index contributed by atoms with van der Waals surface area (Å²) in [5.74, 6) is 0. The van der Waals surface area contributed by atoms with Crippen molar-refractivity contribution in [1.29, 1.82) is 0 Å². The van der Waals surface area contributed by atoms with Crippen LogP contribution in [0.5, 0.6) is 6.01 Å². The Morgan fingerprint density at radius 3 is 2.70 bits per heavy atom. The maximum Gasteiger partial charge on any atom is 0.299 e. The van der Waals surface area contributed by atoms with E-state index in [0.29, 0.717) is 10.7 Å². The molecule has 0 atom stereocenters. The molecule has 6 nitrogen and oxygen atoms in total. The molecule has 0 aromatic carbocycles. The summed E-state index contributed by atoms with van der Waals surface area (Å²) in [5, 5.41) is 4.92. The fourth-order valence-corrected chi connectivity index (χ4v) is 2.39. The first kappa shape index (κ1) is 14.6. The molecule has 108 valence electrons. The van der Waals surface area contributed by atoms with Gasteiger partial charge in [-0.2, -0.15) is 5.10 Å². The molecule has 0 aliphatic carbocycles. The molecule has 0 aliphatic rings. The van der Waals surface area contributed by atoms with Gasteiger partial charge < -0.3 is 4.74 Å². The van der Waals surface area contributed by atoms with E-state index in [1.165, 1.54) is 17.7 Å². The second-order valence-corrected chi connectivity index (χ2v) is 4.87. The van der Waals surface area contributed by atoms with Crippen molar-refractivity contribution in [3.8, 4) is 6.01 Å². The summed E-state index contributed by atoms with van der Waals surface area (Å²) < 4.78 is 8.30. The van der Waals surface area contributed by atoms with Gasteiger partial charge in [0.15, 0.2) is 0 Å². The normalized spacial score (nSPS) is 10.8. The molecule has 7 heteroatoms. The maximum atomic E-state index is 12.1. The number of aryl methyl sites for hydroxylation is 3. The molecule has 0 bridgehead atoms. The Hall–Kier alpha value is -1.82. The van der Waals surface area contributed by atoms with Crippen LogP contribution in [0, 0.1) is 6.92 Å². The van der Waals surface area contributed by atoms with Crippen molar-refractivity contribution in [2.24, 2.45) is 7.05 Å². The zero-order chi connectivity index (χ0) is 14.9. The van der Waals surface area contributed by atoms with Gasteiger partial charge in [-0.05, 0) is 13.3 Å². The molecule has 2 aromatic rings. The standard InChI is InChI=1S/C13H17ClN4O2/c1-5-9-12(14)10(17(3)16-9)7-18-11(19)6-8(2)15-13(18)20-4/h6H,5,7H2,1-4H3. The Morgan fingerprint density at radius 2 is 2.15 bits per heavy atom. The molecular formula is C13H17ClN4O2. The smallest absolute Gasteiger partial charge is 0.299 e. The molecule has 0 unspecified atom stereocenters. The zero-order valence-corrected chi connectivity index (χ0v) is 12.7. The van der Waals surface area contributed by atoms with E-state index in [0.717, 1.165) is 17.8 Å². The first-order chi connectivity index (χ1) is 9.47. The van der Waals surface area contributed by atoms with Crippen LogP contribution in [0.25, 0.3) is 0 Å². The van der Waals surface area contributed by atoms with Gasteiger partial charge in [-0.25, -0.2) is 4.98 Å². The number of hydrogen-bond acceptors (Lipinski definition) is 4. The molecule has 0 N–H and O–H groups in total. The molecule has 0 spiro atoms. The van der Waals surface area contributed by atoms with Gasteiger partial charge in [0.25, 0.3) is 11.6 Å². The summed E-state index contributed by atoms with van der Waals surface area (Å²) in [4.78, 5) is 16.3. The van der Waals surface area contributed by atoms with Crippen LogP contribution in [0.4, 0.5) is 0 Å². The van der Waals surface area contributed by atoms with E-state index in [2.05, 4.69) is 10.1 Å². The van der Waals surface area contributed by atoms with Crippen molar-refractivity contribution < 1.29 is 4.74 Å². The summed E-state index contributed by atoms with van der Waals surface area (Å²) in [6.07, 6.45) is 0.741. The molecule has 0 radical (unpaired) electrons.